The van der Waals surface area contributed by atoms with Crippen molar-refractivity contribution in [2.45, 2.75) is 26.7 Å². The number of rotatable bonds is 1. The number of Topliss-reactive ketones (excluding diaryl/α,β-unsaturated/α-hetero) is 1. The van der Waals surface area contributed by atoms with Gasteiger partial charge in [-0.25, -0.2) is 13.8 Å². The Morgan fingerprint density at radius 1 is 1.15 bits per heavy atom. The van der Waals surface area contributed by atoms with E-state index < -0.39 is 11.6 Å². The summed E-state index contributed by atoms with van der Waals surface area (Å²) in [5.74, 6) is -1.21. The predicted molar refractivity (Wildman–Crippen MR) is 73.9 cm³/mol. The summed E-state index contributed by atoms with van der Waals surface area (Å²) < 4.78 is 26.5. The van der Waals surface area contributed by atoms with Crippen LogP contribution in [0.2, 0.25) is 0 Å². The number of carbonyl (C=O) groups excluding carboxylic acids is 1. The molecule has 0 bridgehead atoms. The third-order valence-corrected chi connectivity index (χ3v) is 4.53. The molecule has 20 heavy (non-hydrogen) atoms. The number of thiazole rings is 1. The summed E-state index contributed by atoms with van der Waals surface area (Å²) in [5.41, 5.74) is 1.02. The van der Waals surface area contributed by atoms with E-state index in [4.69, 9.17) is 0 Å². The molecule has 1 heterocycles. The average Bonchev–Trinajstić information content (AvgIpc) is 2.69. The SMILES string of the molecule is CC1(C)CC(=O)c2sc(-c3cc(F)cc(F)c3)nc2C1. The fourth-order valence-electron chi connectivity index (χ4n) is 2.52. The van der Waals surface area contributed by atoms with E-state index in [2.05, 4.69) is 4.98 Å². The minimum Gasteiger partial charge on any atom is -0.293 e. The number of carbonyl (C=O) groups is 1. The number of ketones is 1. The number of nitrogens with zero attached hydrogens (tertiary/aromatic N) is 1. The Morgan fingerprint density at radius 3 is 2.45 bits per heavy atom. The summed E-state index contributed by atoms with van der Waals surface area (Å²) in [5, 5.41) is 0.499. The topological polar surface area (TPSA) is 30.0 Å². The summed E-state index contributed by atoms with van der Waals surface area (Å²) in [6.07, 6.45) is 1.20. The number of benzene rings is 1. The van der Waals surface area contributed by atoms with Gasteiger partial charge in [0, 0.05) is 18.1 Å². The average molecular weight is 293 g/mol. The molecule has 5 heteroatoms. The quantitative estimate of drug-likeness (QED) is 0.787. The smallest absolute Gasteiger partial charge is 0.175 e. The fourth-order valence-corrected chi connectivity index (χ4v) is 3.53. The van der Waals surface area contributed by atoms with E-state index in [0.717, 1.165) is 11.8 Å². The van der Waals surface area contributed by atoms with Crippen molar-refractivity contribution in [3.63, 3.8) is 0 Å². The molecule has 0 saturated carbocycles. The van der Waals surface area contributed by atoms with Gasteiger partial charge in [-0.15, -0.1) is 11.3 Å². The molecule has 0 radical (unpaired) electrons. The summed E-state index contributed by atoms with van der Waals surface area (Å²) in [6, 6.07) is 3.30. The van der Waals surface area contributed by atoms with Crippen molar-refractivity contribution in [3.05, 3.63) is 40.4 Å². The first kappa shape index (κ1) is 13.4. The molecule has 2 nitrogen and oxygen atoms in total. The summed E-state index contributed by atoms with van der Waals surface area (Å²) in [7, 11) is 0. The van der Waals surface area contributed by atoms with Crippen molar-refractivity contribution in [2.75, 3.05) is 0 Å². The molecule has 2 aromatic rings. The van der Waals surface area contributed by atoms with Crippen LogP contribution in [0, 0.1) is 17.0 Å². The largest absolute Gasteiger partial charge is 0.293 e. The number of halogens is 2. The Kier molecular flexibility index (Phi) is 2.97. The standard InChI is InChI=1S/C15H13F2NOS/c1-15(2)6-11-13(12(19)7-15)20-14(18-11)8-3-9(16)5-10(17)4-8/h3-5H,6-7H2,1-2H3. The number of aromatic nitrogens is 1. The maximum Gasteiger partial charge on any atom is 0.175 e. The van der Waals surface area contributed by atoms with Gasteiger partial charge in [-0.2, -0.15) is 0 Å². The van der Waals surface area contributed by atoms with Gasteiger partial charge in [-0.1, -0.05) is 13.8 Å². The molecule has 1 aromatic carbocycles. The van der Waals surface area contributed by atoms with Crippen LogP contribution < -0.4 is 0 Å². The molecule has 0 fully saturated rings. The predicted octanol–water partition coefficient (Wildman–Crippen LogP) is 4.24. The minimum absolute atomic E-state index is 0.0666. The van der Waals surface area contributed by atoms with Crippen LogP contribution in [0.3, 0.4) is 0 Å². The first-order valence-electron chi connectivity index (χ1n) is 6.33. The van der Waals surface area contributed by atoms with Gasteiger partial charge in [0.1, 0.15) is 16.6 Å². The molecule has 1 aliphatic rings. The van der Waals surface area contributed by atoms with Crippen molar-refractivity contribution < 1.29 is 13.6 Å². The maximum atomic E-state index is 13.3. The normalized spacial score (nSPS) is 17.1. The van der Waals surface area contributed by atoms with Gasteiger partial charge >= 0.3 is 0 Å². The van der Waals surface area contributed by atoms with Gasteiger partial charge in [0.05, 0.1) is 10.6 Å². The second kappa shape index (κ2) is 4.45. The highest BCUT2D eigenvalue weighted by atomic mass is 32.1. The zero-order chi connectivity index (χ0) is 14.5. The lowest BCUT2D eigenvalue weighted by Crippen LogP contribution is -2.25. The van der Waals surface area contributed by atoms with Gasteiger partial charge in [-0.3, -0.25) is 4.79 Å². The van der Waals surface area contributed by atoms with Crippen LogP contribution in [0.1, 0.15) is 35.6 Å². The zero-order valence-electron chi connectivity index (χ0n) is 11.2. The molecule has 1 aromatic heterocycles. The second-order valence-electron chi connectivity index (χ2n) is 5.89. The summed E-state index contributed by atoms with van der Waals surface area (Å²) in [6.45, 7) is 4.05. The monoisotopic (exact) mass is 293 g/mol. The Balaban J connectivity index is 2.08. The molecule has 0 aliphatic heterocycles. The van der Waals surface area contributed by atoms with E-state index in [0.29, 0.717) is 28.3 Å². The van der Waals surface area contributed by atoms with Crippen LogP contribution in [0.4, 0.5) is 8.78 Å². The molecule has 0 saturated heterocycles. The molecule has 3 rings (SSSR count). The molecular formula is C15H13F2NOS. The summed E-state index contributed by atoms with van der Waals surface area (Å²) in [4.78, 5) is 17.1. The highest BCUT2D eigenvalue weighted by molar-refractivity contribution is 7.17. The third kappa shape index (κ3) is 2.38. The molecule has 0 spiro atoms. The van der Waals surface area contributed by atoms with E-state index in [9.17, 15) is 13.6 Å². The van der Waals surface area contributed by atoms with Crippen LogP contribution >= 0.6 is 11.3 Å². The molecular weight excluding hydrogens is 280 g/mol. The van der Waals surface area contributed by atoms with Crippen molar-refractivity contribution in [3.8, 4) is 10.6 Å². The maximum absolute atomic E-state index is 13.3. The number of fused-ring (bicyclic) bond motifs is 1. The van der Waals surface area contributed by atoms with Crippen molar-refractivity contribution in [1.82, 2.24) is 4.98 Å². The van der Waals surface area contributed by atoms with Crippen LogP contribution in [-0.2, 0) is 6.42 Å². The van der Waals surface area contributed by atoms with Crippen LogP contribution in [-0.4, -0.2) is 10.8 Å². The van der Waals surface area contributed by atoms with Gasteiger partial charge in [0.2, 0.25) is 0 Å². The molecule has 0 amide bonds. The Labute approximate surface area is 119 Å². The van der Waals surface area contributed by atoms with Crippen LogP contribution in [0.15, 0.2) is 18.2 Å². The van der Waals surface area contributed by atoms with E-state index in [-0.39, 0.29) is 11.2 Å². The molecule has 0 N–H and O–H groups in total. The van der Waals surface area contributed by atoms with E-state index >= 15 is 0 Å². The van der Waals surface area contributed by atoms with Gasteiger partial charge in [-0.05, 0) is 24.0 Å². The Morgan fingerprint density at radius 2 is 1.80 bits per heavy atom. The molecule has 104 valence electrons. The van der Waals surface area contributed by atoms with Crippen molar-refractivity contribution in [1.29, 1.82) is 0 Å². The van der Waals surface area contributed by atoms with Gasteiger partial charge in [0.15, 0.2) is 5.78 Å². The zero-order valence-corrected chi connectivity index (χ0v) is 12.0. The lowest BCUT2D eigenvalue weighted by atomic mass is 9.78. The first-order chi connectivity index (χ1) is 9.34. The molecule has 0 unspecified atom stereocenters. The number of hydrogen-bond acceptors (Lipinski definition) is 3. The van der Waals surface area contributed by atoms with Gasteiger partial charge in [0.25, 0.3) is 0 Å². The van der Waals surface area contributed by atoms with E-state index in [1.54, 1.807) is 0 Å². The lowest BCUT2D eigenvalue weighted by Gasteiger charge is -2.26. The Hall–Kier alpha value is -1.62. The first-order valence-corrected chi connectivity index (χ1v) is 7.15. The van der Waals surface area contributed by atoms with Crippen LogP contribution in [0.25, 0.3) is 10.6 Å². The molecule has 1 aliphatic carbocycles. The number of hydrogen-bond donors (Lipinski definition) is 0. The Bertz CT molecular complexity index is 686. The van der Waals surface area contributed by atoms with Crippen molar-refractivity contribution >= 4 is 17.1 Å². The van der Waals surface area contributed by atoms with E-state index in [1.807, 2.05) is 13.8 Å². The lowest BCUT2D eigenvalue weighted by molar-refractivity contribution is 0.0916. The highest BCUT2D eigenvalue weighted by Crippen LogP contribution is 2.39. The fraction of sp³-hybridized carbons (Fsp3) is 0.333. The third-order valence-electron chi connectivity index (χ3n) is 3.35. The highest BCUT2D eigenvalue weighted by Gasteiger charge is 2.34. The second-order valence-corrected chi connectivity index (χ2v) is 6.89. The van der Waals surface area contributed by atoms with Gasteiger partial charge < -0.3 is 0 Å². The minimum atomic E-state index is -0.639. The molecule has 0 atom stereocenters. The summed E-state index contributed by atoms with van der Waals surface area (Å²) >= 11 is 1.22. The van der Waals surface area contributed by atoms with Crippen LogP contribution in [0.5, 0.6) is 0 Å². The van der Waals surface area contributed by atoms with E-state index in [1.165, 1.54) is 23.5 Å². The van der Waals surface area contributed by atoms with Crippen molar-refractivity contribution in [2.24, 2.45) is 5.41 Å².